The standard InChI is InChI=1S/C39H74O4/c1-3-5-7-9-10-11-12-13-14-15-16-17-18-19-20-21-22-23-24-25-26-27-28-29-31-33-35-42-37-38(36-40)43-39(41)34-32-30-8-6-4-2/h12-13,15-16,38,40H,3-11,14,17-37H2,1-2H3/b13-12-,16-15-. The molecule has 1 unspecified atom stereocenters. The van der Waals surface area contributed by atoms with Crippen molar-refractivity contribution in [1.29, 1.82) is 0 Å². The van der Waals surface area contributed by atoms with Crippen molar-refractivity contribution in [3.05, 3.63) is 24.3 Å². The van der Waals surface area contributed by atoms with E-state index in [1.807, 2.05) is 0 Å². The van der Waals surface area contributed by atoms with Crippen molar-refractivity contribution in [1.82, 2.24) is 0 Å². The maximum absolute atomic E-state index is 11.9. The highest BCUT2D eigenvalue weighted by molar-refractivity contribution is 5.69. The van der Waals surface area contributed by atoms with Crippen molar-refractivity contribution in [2.24, 2.45) is 0 Å². The maximum Gasteiger partial charge on any atom is 0.306 e. The number of ether oxygens (including phenoxy) is 2. The van der Waals surface area contributed by atoms with Gasteiger partial charge in [0.15, 0.2) is 0 Å². The Hall–Kier alpha value is -1.13. The summed E-state index contributed by atoms with van der Waals surface area (Å²) in [6.45, 7) is 5.27. The van der Waals surface area contributed by atoms with Crippen molar-refractivity contribution < 1.29 is 19.4 Å². The average Bonchev–Trinajstić information content (AvgIpc) is 3.01. The van der Waals surface area contributed by atoms with Gasteiger partial charge in [0.05, 0.1) is 13.2 Å². The maximum atomic E-state index is 11.9. The first kappa shape index (κ1) is 41.9. The van der Waals surface area contributed by atoms with E-state index in [0.717, 1.165) is 25.7 Å². The predicted molar refractivity (Wildman–Crippen MR) is 187 cm³/mol. The SMILES string of the molecule is CCCCCCC/C=C\C/C=C\CCCCCCCCCCCCCCCCOCC(CO)OC(=O)CCCCCCC. The highest BCUT2D eigenvalue weighted by Crippen LogP contribution is 2.14. The van der Waals surface area contributed by atoms with Crippen LogP contribution < -0.4 is 0 Å². The van der Waals surface area contributed by atoms with Gasteiger partial charge in [-0.3, -0.25) is 4.79 Å². The number of esters is 1. The quantitative estimate of drug-likeness (QED) is 0.0443. The molecule has 1 N–H and O–H groups in total. The van der Waals surface area contributed by atoms with Gasteiger partial charge in [0.25, 0.3) is 0 Å². The molecule has 0 aliphatic rings. The fourth-order valence-corrected chi connectivity index (χ4v) is 5.42. The van der Waals surface area contributed by atoms with Crippen molar-refractivity contribution >= 4 is 5.97 Å². The summed E-state index contributed by atoms with van der Waals surface area (Å²) in [7, 11) is 0. The number of rotatable bonds is 35. The summed E-state index contributed by atoms with van der Waals surface area (Å²) in [5.74, 6) is -0.212. The number of unbranched alkanes of at least 4 members (excludes halogenated alkanes) is 23. The third kappa shape index (κ3) is 35.2. The molecule has 0 aliphatic carbocycles. The zero-order valence-corrected chi connectivity index (χ0v) is 29.0. The molecule has 0 saturated heterocycles. The molecule has 0 spiro atoms. The van der Waals surface area contributed by atoms with Crippen LogP contribution in [-0.2, 0) is 14.3 Å². The predicted octanol–water partition coefficient (Wildman–Crippen LogP) is 12.0. The summed E-state index contributed by atoms with van der Waals surface area (Å²) >= 11 is 0. The van der Waals surface area contributed by atoms with Crippen LogP contribution in [0.2, 0.25) is 0 Å². The van der Waals surface area contributed by atoms with E-state index < -0.39 is 6.10 Å². The lowest BCUT2D eigenvalue weighted by Crippen LogP contribution is -2.27. The smallest absolute Gasteiger partial charge is 0.306 e. The van der Waals surface area contributed by atoms with Gasteiger partial charge < -0.3 is 14.6 Å². The zero-order chi connectivity index (χ0) is 31.3. The Kier molecular flexibility index (Phi) is 36.1. The van der Waals surface area contributed by atoms with E-state index in [0.29, 0.717) is 19.6 Å². The molecule has 0 aromatic rings. The van der Waals surface area contributed by atoms with Gasteiger partial charge in [0.2, 0.25) is 0 Å². The fourth-order valence-electron chi connectivity index (χ4n) is 5.42. The summed E-state index contributed by atoms with van der Waals surface area (Å²) in [6.07, 6.45) is 44.1. The molecule has 4 heteroatoms. The van der Waals surface area contributed by atoms with Crippen molar-refractivity contribution in [3.8, 4) is 0 Å². The molecule has 0 aromatic carbocycles. The van der Waals surface area contributed by atoms with E-state index in [9.17, 15) is 9.90 Å². The van der Waals surface area contributed by atoms with Gasteiger partial charge in [-0.2, -0.15) is 0 Å². The lowest BCUT2D eigenvalue weighted by atomic mass is 10.0. The minimum absolute atomic E-state index is 0.169. The first-order valence-corrected chi connectivity index (χ1v) is 18.9. The zero-order valence-electron chi connectivity index (χ0n) is 29.0. The molecule has 1 atom stereocenters. The third-order valence-corrected chi connectivity index (χ3v) is 8.28. The van der Waals surface area contributed by atoms with E-state index in [-0.39, 0.29) is 12.6 Å². The van der Waals surface area contributed by atoms with E-state index in [4.69, 9.17) is 9.47 Å². The highest BCUT2D eigenvalue weighted by Gasteiger charge is 2.13. The molecule has 4 nitrogen and oxygen atoms in total. The number of aliphatic hydroxyl groups excluding tert-OH is 1. The first-order chi connectivity index (χ1) is 21.2. The minimum Gasteiger partial charge on any atom is -0.457 e. The van der Waals surface area contributed by atoms with E-state index in [1.165, 1.54) is 148 Å². The summed E-state index contributed by atoms with van der Waals surface area (Å²) in [5, 5.41) is 9.46. The number of allylic oxidation sites excluding steroid dienone is 4. The minimum atomic E-state index is -0.525. The molecule has 43 heavy (non-hydrogen) atoms. The van der Waals surface area contributed by atoms with Gasteiger partial charge in [-0.25, -0.2) is 0 Å². The molecule has 0 heterocycles. The van der Waals surface area contributed by atoms with Crippen LogP contribution in [0.5, 0.6) is 0 Å². The average molecular weight is 607 g/mol. The van der Waals surface area contributed by atoms with E-state index in [2.05, 4.69) is 38.2 Å². The molecule has 254 valence electrons. The Morgan fingerprint density at radius 3 is 1.44 bits per heavy atom. The number of carbonyl (C=O) groups is 1. The summed E-state index contributed by atoms with van der Waals surface area (Å²) in [5.41, 5.74) is 0. The Balaban J connectivity index is 3.31. The molecular formula is C39H74O4. The lowest BCUT2D eigenvalue weighted by Gasteiger charge is -2.15. The molecule has 0 bridgehead atoms. The molecule has 0 rings (SSSR count). The van der Waals surface area contributed by atoms with Crippen molar-refractivity contribution in [3.63, 3.8) is 0 Å². The second kappa shape index (κ2) is 37.1. The van der Waals surface area contributed by atoms with E-state index >= 15 is 0 Å². The van der Waals surface area contributed by atoms with Crippen LogP contribution >= 0.6 is 0 Å². The van der Waals surface area contributed by atoms with Gasteiger partial charge in [-0.05, 0) is 44.9 Å². The Morgan fingerprint density at radius 1 is 0.558 bits per heavy atom. The Bertz CT molecular complexity index is 600. The molecule has 0 amide bonds. The van der Waals surface area contributed by atoms with Crippen LogP contribution in [0.15, 0.2) is 24.3 Å². The summed E-state index contributed by atoms with van der Waals surface area (Å²) in [6, 6.07) is 0. The number of hydrogen-bond acceptors (Lipinski definition) is 4. The molecule has 0 fully saturated rings. The van der Waals surface area contributed by atoms with Gasteiger partial charge in [0, 0.05) is 13.0 Å². The third-order valence-electron chi connectivity index (χ3n) is 8.28. The van der Waals surface area contributed by atoms with Crippen molar-refractivity contribution in [2.75, 3.05) is 19.8 Å². The van der Waals surface area contributed by atoms with Crippen LogP contribution in [-0.4, -0.2) is 37.0 Å². The Labute approximate surface area is 268 Å². The normalized spacial score (nSPS) is 12.5. The lowest BCUT2D eigenvalue weighted by molar-refractivity contribution is -0.154. The van der Waals surface area contributed by atoms with Crippen molar-refractivity contribution in [2.45, 2.75) is 200 Å². The summed E-state index contributed by atoms with van der Waals surface area (Å²) in [4.78, 5) is 11.9. The van der Waals surface area contributed by atoms with Crippen LogP contribution in [0.3, 0.4) is 0 Å². The monoisotopic (exact) mass is 607 g/mol. The van der Waals surface area contributed by atoms with Crippen LogP contribution in [0.4, 0.5) is 0 Å². The second-order valence-corrected chi connectivity index (χ2v) is 12.7. The fraction of sp³-hybridized carbons (Fsp3) is 0.872. The Morgan fingerprint density at radius 2 is 0.977 bits per heavy atom. The second-order valence-electron chi connectivity index (χ2n) is 12.7. The number of hydrogen-bond donors (Lipinski definition) is 1. The van der Waals surface area contributed by atoms with Gasteiger partial charge in [0.1, 0.15) is 6.10 Å². The van der Waals surface area contributed by atoms with Crippen LogP contribution in [0.25, 0.3) is 0 Å². The largest absolute Gasteiger partial charge is 0.457 e. The molecule has 0 saturated carbocycles. The molecule has 0 aliphatic heterocycles. The van der Waals surface area contributed by atoms with Gasteiger partial charge >= 0.3 is 5.97 Å². The molecule has 0 radical (unpaired) electrons. The number of carbonyl (C=O) groups excluding carboxylic acids is 1. The summed E-state index contributed by atoms with van der Waals surface area (Å²) < 4.78 is 11.0. The van der Waals surface area contributed by atoms with Crippen LogP contribution in [0.1, 0.15) is 194 Å². The van der Waals surface area contributed by atoms with Crippen LogP contribution in [0, 0.1) is 0 Å². The topological polar surface area (TPSA) is 55.8 Å². The highest BCUT2D eigenvalue weighted by atomic mass is 16.6. The van der Waals surface area contributed by atoms with Gasteiger partial charge in [-0.1, -0.05) is 167 Å². The molecular weight excluding hydrogens is 532 g/mol. The first-order valence-electron chi connectivity index (χ1n) is 18.9. The van der Waals surface area contributed by atoms with Gasteiger partial charge in [-0.15, -0.1) is 0 Å². The molecule has 0 aromatic heterocycles. The number of aliphatic hydroxyl groups is 1. The van der Waals surface area contributed by atoms with E-state index in [1.54, 1.807) is 0 Å².